The SMILES string of the molecule is Cc1ocnc1CNC(=O)N1CCC(N(C)Cc2ccccc2)C1. The van der Waals surface area contributed by atoms with E-state index in [0.717, 1.165) is 37.5 Å². The van der Waals surface area contributed by atoms with Crippen LogP contribution < -0.4 is 5.32 Å². The fraction of sp³-hybridized carbons (Fsp3) is 0.444. The Morgan fingerprint density at radius 1 is 1.42 bits per heavy atom. The number of urea groups is 1. The number of nitrogens with zero attached hydrogens (tertiary/aromatic N) is 3. The number of nitrogens with one attached hydrogen (secondary N) is 1. The standard InChI is InChI=1S/C18H24N4O2/c1-14-17(20-13-24-14)10-19-18(23)22-9-8-16(12-22)21(2)11-15-6-4-3-5-7-15/h3-7,13,16H,8-12H2,1-2H3,(H,19,23). The highest BCUT2D eigenvalue weighted by atomic mass is 16.3. The second kappa shape index (κ2) is 7.49. The lowest BCUT2D eigenvalue weighted by atomic mass is 10.1. The number of likely N-dealkylation sites (tertiary alicyclic amines) is 1. The lowest BCUT2D eigenvalue weighted by Gasteiger charge is -2.24. The summed E-state index contributed by atoms with van der Waals surface area (Å²) in [6, 6.07) is 10.8. The molecule has 3 rings (SSSR count). The zero-order chi connectivity index (χ0) is 16.9. The zero-order valence-corrected chi connectivity index (χ0v) is 14.2. The van der Waals surface area contributed by atoms with Crippen molar-refractivity contribution < 1.29 is 9.21 Å². The lowest BCUT2D eigenvalue weighted by molar-refractivity contribution is 0.196. The van der Waals surface area contributed by atoms with Gasteiger partial charge in [0.25, 0.3) is 0 Å². The summed E-state index contributed by atoms with van der Waals surface area (Å²) in [6.45, 7) is 4.70. The first kappa shape index (κ1) is 16.5. The smallest absolute Gasteiger partial charge is 0.317 e. The molecule has 1 N–H and O–H groups in total. The van der Waals surface area contributed by atoms with Gasteiger partial charge in [-0.2, -0.15) is 0 Å². The number of rotatable bonds is 5. The minimum absolute atomic E-state index is 0.0342. The lowest BCUT2D eigenvalue weighted by Crippen LogP contribution is -2.41. The fourth-order valence-corrected chi connectivity index (χ4v) is 3.06. The zero-order valence-electron chi connectivity index (χ0n) is 14.2. The maximum atomic E-state index is 12.3. The number of amides is 2. The molecule has 0 spiro atoms. The van der Waals surface area contributed by atoms with E-state index in [-0.39, 0.29) is 6.03 Å². The van der Waals surface area contributed by atoms with Crippen LogP contribution in [0.1, 0.15) is 23.4 Å². The normalized spacial score (nSPS) is 17.5. The number of aromatic nitrogens is 1. The van der Waals surface area contributed by atoms with Crippen LogP contribution in [0.3, 0.4) is 0 Å². The molecule has 0 aliphatic carbocycles. The predicted octanol–water partition coefficient (Wildman–Crippen LogP) is 2.40. The van der Waals surface area contributed by atoms with Crippen LogP contribution in [0.15, 0.2) is 41.1 Å². The molecular formula is C18H24N4O2. The third-order valence-electron chi connectivity index (χ3n) is 4.60. The van der Waals surface area contributed by atoms with Crippen molar-refractivity contribution in [2.75, 3.05) is 20.1 Å². The molecule has 1 aliphatic rings. The van der Waals surface area contributed by atoms with Crippen molar-refractivity contribution in [2.45, 2.75) is 32.5 Å². The summed E-state index contributed by atoms with van der Waals surface area (Å²) in [7, 11) is 2.12. The van der Waals surface area contributed by atoms with E-state index in [4.69, 9.17) is 4.42 Å². The van der Waals surface area contributed by atoms with Crippen molar-refractivity contribution in [3.8, 4) is 0 Å². The highest BCUT2D eigenvalue weighted by Gasteiger charge is 2.28. The van der Waals surface area contributed by atoms with E-state index in [1.165, 1.54) is 12.0 Å². The van der Waals surface area contributed by atoms with Gasteiger partial charge in [-0.25, -0.2) is 9.78 Å². The van der Waals surface area contributed by atoms with Crippen LogP contribution in [-0.4, -0.2) is 47.0 Å². The molecule has 6 nitrogen and oxygen atoms in total. The Kier molecular flexibility index (Phi) is 5.15. The van der Waals surface area contributed by atoms with Gasteiger partial charge in [-0.05, 0) is 26.0 Å². The summed E-state index contributed by atoms with van der Waals surface area (Å²) in [4.78, 5) is 20.6. The van der Waals surface area contributed by atoms with Gasteiger partial charge in [-0.15, -0.1) is 0 Å². The topological polar surface area (TPSA) is 61.6 Å². The van der Waals surface area contributed by atoms with E-state index < -0.39 is 0 Å². The first-order valence-corrected chi connectivity index (χ1v) is 8.29. The summed E-state index contributed by atoms with van der Waals surface area (Å²) in [6.07, 6.45) is 2.40. The molecule has 1 aromatic heterocycles. The number of carbonyl (C=O) groups is 1. The number of aryl methyl sites for hydroxylation is 1. The highest BCUT2D eigenvalue weighted by molar-refractivity contribution is 5.74. The molecule has 1 aromatic carbocycles. The Morgan fingerprint density at radius 2 is 2.21 bits per heavy atom. The number of hydrogen-bond donors (Lipinski definition) is 1. The van der Waals surface area contributed by atoms with Gasteiger partial charge in [0, 0.05) is 25.7 Å². The average Bonchev–Trinajstić information content (AvgIpc) is 3.23. The number of carbonyl (C=O) groups excluding carboxylic acids is 1. The fourth-order valence-electron chi connectivity index (χ4n) is 3.06. The number of oxazole rings is 1. The van der Waals surface area contributed by atoms with Crippen LogP contribution >= 0.6 is 0 Å². The van der Waals surface area contributed by atoms with Crippen LogP contribution in [0.25, 0.3) is 0 Å². The summed E-state index contributed by atoms with van der Waals surface area (Å²) < 4.78 is 5.14. The van der Waals surface area contributed by atoms with Crippen LogP contribution in [0, 0.1) is 6.92 Å². The average molecular weight is 328 g/mol. The molecule has 0 radical (unpaired) electrons. The predicted molar refractivity (Wildman–Crippen MR) is 91.4 cm³/mol. The van der Waals surface area contributed by atoms with Gasteiger partial charge in [0.2, 0.25) is 0 Å². The largest absolute Gasteiger partial charge is 0.448 e. The third kappa shape index (κ3) is 3.94. The first-order valence-electron chi connectivity index (χ1n) is 8.29. The quantitative estimate of drug-likeness (QED) is 0.915. The molecular weight excluding hydrogens is 304 g/mol. The van der Waals surface area contributed by atoms with Gasteiger partial charge in [-0.3, -0.25) is 4.90 Å². The summed E-state index contributed by atoms with van der Waals surface area (Å²) >= 11 is 0. The van der Waals surface area contributed by atoms with Gasteiger partial charge < -0.3 is 14.6 Å². The molecule has 1 aliphatic heterocycles. The van der Waals surface area contributed by atoms with Crippen molar-refractivity contribution >= 4 is 6.03 Å². The molecule has 0 saturated carbocycles. The Labute approximate surface area is 142 Å². The molecule has 6 heteroatoms. The molecule has 2 amide bonds. The van der Waals surface area contributed by atoms with E-state index >= 15 is 0 Å². The van der Waals surface area contributed by atoms with E-state index in [9.17, 15) is 4.79 Å². The van der Waals surface area contributed by atoms with Crippen molar-refractivity contribution in [1.29, 1.82) is 0 Å². The first-order chi connectivity index (χ1) is 11.6. The Morgan fingerprint density at radius 3 is 2.92 bits per heavy atom. The molecule has 128 valence electrons. The monoisotopic (exact) mass is 328 g/mol. The Bertz CT molecular complexity index is 671. The van der Waals surface area contributed by atoms with Crippen molar-refractivity contribution in [3.05, 3.63) is 53.7 Å². The number of likely N-dealkylation sites (N-methyl/N-ethyl adjacent to an activating group) is 1. The number of benzene rings is 1. The number of hydrogen-bond acceptors (Lipinski definition) is 4. The maximum absolute atomic E-state index is 12.3. The second-order valence-electron chi connectivity index (χ2n) is 6.30. The Hall–Kier alpha value is -2.34. The minimum Gasteiger partial charge on any atom is -0.448 e. The van der Waals surface area contributed by atoms with Gasteiger partial charge in [0.15, 0.2) is 6.39 Å². The van der Waals surface area contributed by atoms with Crippen molar-refractivity contribution in [3.63, 3.8) is 0 Å². The minimum atomic E-state index is -0.0342. The van der Waals surface area contributed by atoms with E-state index in [1.807, 2.05) is 17.9 Å². The molecule has 1 atom stereocenters. The Balaban J connectivity index is 1.47. The molecule has 1 unspecified atom stereocenters. The van der Waals surface area contributed by atoms with Gasteiger partial charge >= 0.3 is 6.03 Å². The summed E-state index contributed by atoms with van der Waals surface area (Å²) in [5.41, 5.74) is 2.07. The third-order valence-corrected chi connectivity index (χ3v) is 4.60. The van der Waals surface area contributed by atoms with Gasteiger partial charge in [0.1, 0.15) is 11.5 Å². The van der Waals surface area contributed by atoms with Gasteiger partial charge in [-0.1, -0.05) is 30.3 Å². The van der Waals surface area contributed by atoms with Crippen LogP contribution in [0.5, 0.6) is 0 Å². The second-order valence-corrected chi connectivity index (χ2v) is 6.30. The van der Waals surface area contributed by atoms with Crippen LogP contribution in [0.4, 0.5) is 4.79 Å². The van der Waals surface area contributed by atoms with Crippen LogP contribution in [-0.2, 0) is 13.1 Å². The maximum Gasteiger partial charge on any atom is 0.317 e. The molecule has 0 bridgehead atoms. The molecule has 1 fully saturated rings. The van der Waals surface area contributed by atoms with Crippen molar-refractivity contribution in [2.24, 2.45) is 0 Å². The highest BCUT2D eigenvalue weighted by Crippen LogP contribution is 2.17. The van der Waals surface area contributed by atoms with E-state index in [0.29, 0.717) is 12.6 Å². The van der Waals surface area contributed by atoms with Crippen molar-refractivity contribution in [1.82, 2.24) is 20.1 Å². The van der Waals surface area contributed by atoms with E-state index in [1.54, 1.807) is 0 Å². The summed E-state index contributed by atoms with van der Waals surface area (Å²) in [5, 5.41) is 2.92. The van der Waals surface area contributed by atoms with E-state index in [2.05, 4.69) is 46.5 Å². The molecule has 24 heavy (non-hydrogen) atoms. The summed E-state index contributed by atoms with van der Waals surface area (Å²) in [5.74, 6) is 0.747. The van der Waals surface area contributed by atoms with Crippen LogP contribution in [0.2, 0.25) is 0 Å². The molecule has 1 saturated heterocycles. The van der Waals surface area contributed by atoms with Gasteiger partial charge in [0.05, 0.1) is 6.54 Å². The molecule has 2 aromatic rings. The molecule has 2 heterocycles.